The van der Waals surface area contributed by atoms with Gasteiger partial charge in [-0.15, -0.1) is 0 Å². The lowest BCUT2D eigenvalue weighted by Gasteiger charge is -2.41. The van der Waals surface area contributed by atoms with E-state index in [1.807, 2.05) is 0 Å². The van der Waals surface area contributed by atoms with Crippen molar-refractivity contribution in [1.29, 1.82) is 0 Å². The predicted octanol–water partition coefficient (Wildman–Crippen LogP) is -5.67. The normalized spacial score (nSPS) is 35.9. The Labute approximate surface area is 135 Å². The van der Waals surface area contributed by atoms with Crippen molar-refractivity contribution >= 4 is 5.97 Å². The Kier molecular flexibility index (Phi) is 7.88. The largest absolute Gasteiger partial charge is 0.479 e. The number of carboxylic acids is 1. The Morgan fingerprint density at radius 3 is 2.08 bits per heavy atom. The van der Waals surface area contributed by atoms with Gasteiger partial charge in [0, 0.05) is 0 Å². The number of ether oxygens (including phenoxy) is 2. The molecule has 0 aliphatic carbocycles. The molecule has 0 aromatic heterocycles. The molecule has 24 heavy (non-hydrogen) atoms. The van der Waals surface area contributed by atoms with E-state index in [4.69, 9.17) is 24.8 Å². The predicted molar refractivity (Wildman–Crippen MR) is 71.4 cm³/mol. The minimum Gasteiger partial charge on any atom is -0.479 e. The fourth-order valence-corrected chi connectivity index (χ4v) is 2.20. The van der Waals surface area contributed by atoms with Crippen molar-refractivity contribution in [3.63, 3.8) is 0 Å². The van der Waals surface area contributed by atoms with Gasteiger partial charge in [0.25, 0.3) is 0 Å². The Balaban J connectivity index is 2.95. The second-order valence-electron chi connectivity index (χ2n) is 5.32. The van der Waals surface area contributed by atoms with Crippen LogP contribution in [0.3, 0.4) is 0 Å². The number of carbonyl (C=O) groups is 1. The molecule has 142 valence electrons. The summed E-state index contributed by atoms with van der Waals surface area (Å²) in [6.45, 7) is -1.79. The van der Waals surface area contributed by atoms with Crippen molar-refractivity contribution in [2.75, 3.05) is 13.2 Å². The minimum atomic E-state index is -2.22. The molecule has 0 saturated carbocycles. The summed E-state index contributed by atoms with van der Waals surface area (Å²) in [5, 5.41) is 84.4. The summed E-state index contributed by atoms with van der Waals surface area (Å²) < 4.78 is 9.72. The first kappa shape index (κ1) is 21.1. The molecule has 1 saturated heterocycles. The first-order valence-corrected chi connectivity index (χ1v) is 6.99. The molecular formula is C12H22O12. The summed E-state index contributed by atoms with van der Waals surface area (Å²) >= 11 is 0. The van der Waals surface area contributed by atoms with Gasteiger partial charge < -0.3 is 55.4 Å². The van der Waals surface area contributed by atoms with Crippen molar-refractivity contribution < 1.29 is 60.2 Å². The molecule has 9 atom stereocenters. The summed E-state index contributed by atoms with van der Waals surface area (Å²) in [4.78, 5) is 11.2. The van der Waals surface area contributed by atoms with E-state index in [1.165, 1.54) is 0 Å². The summed E-state index contributed by atoms with van der Waals surface area (Å²) in [6, 6.07) is 0. The summed E-state index contributed by atoms with van der Waals surface area (Å²) in [5.41, 5.74) is 0. The van der Waals surface area contributed by atoms with Gasteiger partial charge in [0.2, 0.25) is 0 Å². The summed E-state index contributed by atoms with van der Waals surface area (Å²) in [6.07, 6.45) is -17.1. The SMILES string of the molecule is O=C(O)[C@@H](O[C@@H]1[C@@H](O)[C@H](O)[C@@H](O)O[C@H]1CO)[C@H](O)[C@@H](O)[C@@H](O)CO. The minimum absolute atomic E-state index is 0.824. The maximum absolute atomic E-state index is 11.2. The second-order valence-corrected chi connectivity index (χ2v) is 5.32. The first-order chi connectivity index (χ1) is 11.1. The molecule has 9 N–H and O–H groups in total. The third-order valence-electron chi connectivity index (χ3n) is 3.63. The summed E-state index contributed by atoms with van der Waals surface area (Å²) in [7, 11) is 0. The number of hydrogen-bond donors (Lipinski definition) is 9. The van der Waals surface area contributed by atoms with Crippen molar-refractivity contribution in [2.24, 2.45) is 0 Å². The number of aliphatic carboxylic acids is 1. The van der Waals surface area contributed by atoms with Crippen LogP contribution in [0.1, 0.15) is 0 Å². The van der Waals surface area contributed by atoms with Crippen LogP contribution in [0.15, 0.2) is 0 Å². The molecule has 12 nitrogen and oxygen atoms in total. The molecule has 0 aromatic carbocycles. The highest BCUT2D eigenvalue weighted by Gasteiger charge is 2.48. The molecule has 1 aliphatic heterocycles. The van der Waals surface area contributed by atoms with Crippen molar-refractivity contribution in [2.45, 2.75) is 55.1 Å². The van der Waals surface area contributed by atoms with E-state index in [0.29, 0.717) is 0 Å². The molecular weight excluding hydrogens is 336 g/mol. The van der Waals surface area contributed by atoms with Crippen molar-refractivity contribution in [3.8, 4) is 0 Å². The quantitative estimate of drug-likeness (QED) is 0.198. The van der Waals surface area contributed by atoms with Gasteiger partial charge in [0.05, 0.1) is 13.2 Å². The van der Waals surface area contributed by atoms with Gasteiger partial charge >= 0.3 is 5.97 Å². The van der Waals surface area contributed by atoms with Gasteiger partial charge in [0.15, 0.2) is 12.4 Å². The molecule has 0 amide bonds. The number of aliphatic hydroxyl groups excluding tert-OH is 8. The molecule has 0 radical (unpaired) electrons. The maximum Gasteiger partial charge on any atom is 0.335 e. The maximum atomic E-state index is 11.2. The molecule has 0 bridgehead atoms. The van der Waals surface area contributed by atoms with E-state index in [2.05, 4.69) is 0 Å². The lowest BCUT2D eigenvalue weighted by molar-refractivity contribution is -0.304. The van der Waals surface area contributed by atoms with Crippen LogP contribution in [0, 0.1) is 0 Å². The average molecular weight is 358 g/mol. The number of rotatable bonds is 8. The van der Waals surface area contributed by atoms with Gasteiger partial charge in [-0.1, -0.05) is 0 Å². The van der Waals surface area contributed by atoms with E-state index in [9.17, 15) is 35.4 Å². The number of aliphatic hydroxyl groups is 8. The average Bonchev–Trinajstić information content (AvgIpc) is 2.56. The zero-order valence-corrected chi connectivity index (χ0v) is 12.4. The standard InChI is InChI=1S/C12H22O12/c13-1-3(15)5(16)6(17)10(11(20)21)24-9-4(2-14)23-12(22)8(19)7(9)18/h3-10,12-19,22H,1-2H2,(H,20,21)/t3-,4-,5-,6+,7-,8-,9-,10-,12-/m0/s1. The Bertz CT molecular complexity index is 403. The molecule has 1 fully saturated rings. The molecule has 0 aromatic rings. The van der Waals surface area contributed by atoms with Gasteiger partial charge in [-0.05, 0) is 0 Å². The van der Waals surface area contributed by atoms with Gasteiger partial charge in [-0.2, -0.15) is 0 Å². The highest BCUT2D eigenvalue weighted by molar-refractivity contribution is 5.73. The van der Waals surface area contributed by atoms with Crippen LogP contribution < -0.4 is 0 Å². The molecule has 0 spiro atoms. The summed E-state index contributed by atoms with van der Waals surface area (Å²) in [5.74, 6) is -1.80. The number of hydrogen-bond acceptors (Lipinski definition) is 11. The number of carboxylic acid groups (broad SMARTS) is 1. The van der Waals surface area contributed by atoms with E-state index < -0.39 is 74.3 Å². The highest BCUT2D eigenvalue weighted by atomic mass is 16.7. The Morgan fingerprint density at radius 2 is 1.62 bits per heavy atom. The smallest absolute Gasteiger partial charge is 0.335 e. The van der Waals surface area contributed by atoms with Crippen LogP contribution in [0.4, 0.5) is 0 Å². The van der Waals surface area contributed by atoms with E-state index in [0.717, 1.165) is 0 Å². The van der Waals surface area contributed by atoms with Crippen LogP contribution in [0.2, 0.25) is 0 Å². The molecule has 1 heterocycles. The third kappa shape index (κ3) is 4.58. The van der Waals surface area contributed by atoms with E-state index >= 15 is 0 Å². The monoisotopic (exact) mass is 358 g/mol. The lowest BCUT2D eigenvalue weighted by Crippen LogP contribution is -2.62. The molecule has 1 aliphatic rings. The highest BCUT2D eigenvalue weighted by Crippen LogP contribution is 2.25. The fraction of sp³-hybridized carbons (Fsp3) is 0.917. The van der Waals surface area contributed by atoms with E-state index in [1.54, 1.807) is 0 Å². The molecule has 1 rings (SSSR count). The second kappa shape index (κ2) is 8.96. The van der Waals surface area contributed by atoms with Gasteiger partial charge in [0.1, 0.15) is 42.7 Å². The van der Waals surface area contributed by atoms with Crippen LogP contribution in [-0.4, -0.2) is 120 Å². The lowest BCUT2D eigenvalue weighted by atomic mass is 9.97. The molecule has 0 unspecified atom stereocenters. The van der Waals surface area contributed by atoms with Gasteiger partial charge in [-0.3, -0.25) is 0 Å². The van der Waals surface area contributed by atoms with Gasteiger partial charge in [-0.25, -0.2) is 4.79 Å². The van der Waals surface area contributed by atoms with Crippen LogP contribution in [0.25, 0.3) is 0 Å². The fourth-order valence-electron chi connectivity index (χ4n) is 2.20. The van der Waals surface area contributed by atoms with Crippen LogP contribution in [0.5, 0.6) is 0 Å². The Morgan fingerprint density at radius 1 is 1.04 bits per heavy atom. The van der Waals surface area contributed by atoms with Crippen molar-refractivity contribution in [1.82, 2.24) is 0 Å². The van der Waals surface area contributed by atoms with E-state index in [-0.39, 0.29) is 0 Å². The van der Waals surface area contributed by atoms with Crippen LogP contribution >= 0.6 is 0 Å². The first-order valence-electron chi connectivity index (χ1n) is 6.99. The zero-order chi connectivity index (χ0) is 18.6. The third-order valence-corrected chi connectivity index (χ3v) is 3.63. The van der Waals surface area contributed by atoms with Crippen molar-refractivity contribution in [3.05, 3.63) is 0 Å². The van der Waals surface area contributed by atoms with Crippen LogP contribution in [-0.2, 0) is 14.3 Å². The molecule has 12 heteroatoms. The zero-order valence-electron chi connectivity index (χ0n) is 12.4. The topological polar surface area (TPSA) is 218 Å². The Hall–Kier alpha value is -0.930.